The Balaban J connectivity index is 5.35. The van der Waals surface area contributed by atoms with E-state index in [9.17, 15) is 43.2 Å². The number of aliphatic hydroxyl groups excluding tert-OH is 1. The zero-order chi connectivity index (χ0) is 74.6. The van der Waals surface area contributed by atoms with Crippen molar-refractivity contribution in [1.82, 2.24) is 0 Å². The molecule has 0 aliphatic carbocycles. The van der Waals surface area contributed by atoms with E-state index in [1.54, 1.807) is 0 Å². The zero-order valence-electron chi connectivity index (χ0n) is 63.7. The molecule has 0 aliphatic heterocycles. The highest BCUT2D eigenvalue weighted by Crippen LogP contribution is 2.45. The fourth-order valence-electron chi connectivity index (χ4n) is 10.0. The largest absolute Gasteiger partial charge is 0.472 e. The van der Waals surface area contributed by atoms with Gasteiger partial charge in [-0.2, -0.15) is 0 Å². The van der Waals surface area contributed by atoms with Crippen LogP contribution in [0.15, 0.2) is 134 Å². The SMILES string of the molecule is CC/C=C\C/C=C\C/C=C\C/C=C\C/C=C\CCCCCC(=O)OCC(COP(=O)(O)OCC(O)COP(=O)(O)OCC(COC(=O)CCCCCCCC/C=C\C/C=C\C/C=C\CCCCC)OC(=O)CCCCCCC/C=C\CCCC)OC(=O)CCCCCCC/C=C\C/C=C\CCC. The van der Waals surface area contributed by atoms with Gasteiger partial charge in [0.1, 0.15) is 19.3 Å². The third-order valence-electron chi connectivity index (χ3n) is 16.0. The molecule has 102 heavy (non-hydrogen) atoms. The molecule has 0 aliphatic rings. The van der Waals surface area contributed by atoms with Crippen LogP contribution in [0.5, 0.6) is 0 Å². The van der Waals surface area contributed by atoms with Gasteiger partial charge < -0.3 is 33.8 Å². The van der Waals surface area contributed by atoms with Crippen molar-refractivity contribution in [3.63, 3.8) is 0 Å². The number of phosphoric ester groups is 2. The van der Waals surface area contributed by atoms with Gasteiger partial charge in [0.2, 0.25) is 0 Å². The molecule has 0 heterocycles. The number of unbranched alkanes of at least 4 members (excludes halogenated alkanes) is 25. The quantitative estimate of drug-likeness (QED) is 0.0169. The third-order valence-corrected chi connectivity index (χ3v) is 18.0. The Morgan fingerprint density at radius 3 is 0.873 bits per heavy atom. The van der Waals surface area contributed by atoms with Gasteiger partial charge in [-0.1, -0.05) is 264 Å². The number of ether oxygens (including phenoxy) is 4. The molecule has 3 N–H and O–H groups in total. The molecule has 0 saturated heterocycles. The first-order valence-corrected chi connectivity index (χ1v) is 42.4. The first-order chi connectivity index (χ1) is 49.7. The second-order valence-electron chi connectivity index (χ2n) is 25.9. The number of esters is 4. The molecule has 5 atom stereocenters. The van der Waals surface area contributed by atoms with Gasteiger partial charge in [0.15, 0.2) is 12.2 Å². The zero-order valence-corrected chi connectivity index (χ0v) is 65.5. The summed E-state index contributed by atoms with van der Waals surface area (Å²) in [5.74, 6) is -2.25. The fraction of sp³-hybridized carbons (Fsp3) is 0.687. The summed E-state index contributed by atoms with van der Waals surface area (Å²) >= 11 is 0. The van der Waals surface area contributed by atoms with Crippen LogP contribution in [-0.4, -0.2) is 96.7 Å². The molecule has 0 radical (unpaired) electrons. The first kappa shape index (κ1) is 97.2. The van der Waals surface area contributed by atoms with Crippen LogP contribution in [0.1, 0.15) is 310 Å². The summed E-state index contributed by atoms with van der Waals surface area (Å²) in [5, 5.41) is 10.6. The van der Waals surface area contributed by atoms with Gasteiger partial charge in [-0.05, 0) is 154 Å². The third kappa shape index (κ3) is 73.5. The van der Waals surface area contributed by atoms with Crippen LogP contribution in [0, 0.1) is 0 Å². The van der Waals surface area contributed by atoms with Crippen molar-refractivity contribution in [2.45, 2.75) is 329 Å². The standard InChI is InChI=1S/C83H140O17P2/c1-5-9-13-17-21-25-29-32-34-36-38-40-42-45-48-51-55-59-63-67-80(85)93-73-78(99-82(87)69-65-61-57-53-47-28-24-20-16-12-8-4)75-97-101(89,90)95-71-77(84)72-96-102(91,92)98-76-79(100-83(88)70-66-62-58-54-50-44-31-27-23-19-15-11-7-3)74-94-81(86)68-64-60-56-52-49-46-43-41-39-37-35-33-30-26-22-18-14-10-6-2/h10,14-15,19-22,24-27,31-35,38-41,46,49,77-79,84H,5-9,11-13,16-18,23,28-30,36-37,42-45,47-48,50-76H2,1-4H3,(H,89,90)(H,91,92)/b14-10-,19-15-,24-20-,25-21-,26-22-,31-27-,34-32-,35-33-,40-38-,41-39-,49-46-. The molecular weight excluding hydrogens is 1330 g/mol. The van der Waals surface area contributed by atoms with E-state index in [0.29, 0.717) is 25.7 Å². The fourth-order valence-corrected chi connectivity index (χ4v) is 11.6. The summed E-state index contributed by atoms with van der Waals surface area (Å²) in [7, 11) is -9.97. The molecule has 0 aromatic heterocycles. The Labute approximate surface area is 618 Å². The van der Waals surface area contributed by atoms with Crippen molar-refractivity contribution in [3.05, 3.63) is 134 Å². The molecular formula is C83H140O17P2. The predicted octanol–water partition coefficient (Wildman–Crippen LogP) is 22.9. The molecule has 0 aromatic rings. The predicted molar refractivity (Wildman–Crippen MR) is 418 cm³/mol. The number of rotatable bonds is 73. The average molecular weight is 1470 g/mol. The van der Waals surface area contributed by atoms with Crippen molar-refractivity contribution < 1.29 is 80.2 Å². The number of hydrogen-bond acceptors (Lipinski definition) is 15. The van der Waals surface area contributed by atoms with Crippen molar-refractivity contribution in [2.24, 2.45) is 0 Å². The van der Waals surface area contributed by atoms with Crippen molar-refractivity contribution in [2.75, 3.05) is 39.6 Å². The smallest absolute Gasteiger partial charge is 0.462 e. The Morgan fingerprint density at radius 2 is 0.539 bits per heavy atom. The number of allylic oxidation sites excluding steroid dienone is 22. The van der Waals surface area contributed by atoms with E-state index >= 15 is 0 Å². The lowest BCUT2D eigenvalue weighted by Crippen LogP contribution is -2.30. The van der Waals surface area contributed by atoms with Gasteiger partial charge in [-0.25, -0.2) is 9.13 Å². The summed E-state index contributed by atoms with van der Waals surface area (Å²) < 4.78 is 68.5. The van der Waals surface area contributed by atoms with Gasteiger partial charge in [0.25, 0.3) is 0 Å². The van der Waals surface area contributed by atoms with E-state index < -0.39 is 97.5 Å². The molecule has 5 unspecified atom stereocenters. The van der Waals surface area contributed by atoms with E-state index in [1.165, 1.54) is 32.1 Å². The molecule has 19 heteroatoms. The summed E-state index contributed by atoms with van der Waals surface area (Å²) in [6.07, 6.45) is 83.0. The second kappa shape index (κ2) is 74.5. The van der Waals surface area contributed by atoms with Gasteiger partial charge in [0, 0.05) is 25.7 Å². The lowest BCUT2D eigenvalue weighted by atomic mass is 10.1. The molecule has 0 amide bonds. The van der Waals surface area contributed by atoms with Crippen molar-refractivity contribution >= 4 is 39.5 Å². The minimum absolute atomic E-state index is 0.0676. The summed E-state index contributed by atoms with van der Waals surface area (Å²) in [6.45, 7) is 4.55. The van der Waals surface area contributed by atoms with Gasteiger partial charge >= 0.3 is 39.5 Å². The van der Waals surface area contributed by atoms with Crippen LogP contribution in [-0.2, 0) is 65.4 Å². The van der Waals surface area contributed by atoms with Gasteiger partial charge in [-0.15, -0.1) is 0 Å². The normalized spacial score (nSPS) is 14.6. The lowest BCUT2D eigenvalue weighted by molar-refractivity contribution is -0.161. The van der Waals surface area contributed by atoms with E-state index in [4.69, 9.17) is 37.0 Å². The number of hydrogen-bond donors (Lipinski definition) is 3. The first-order valence-electron chi connectivity index (χ1n) is 39.4. The van der Waals surface area contributed by atoms with Crippen LogP contribution in [0.2, 0.25) is 0 Å². The maximum Gasteiger partial charge on any atom is 0.472 e. The highest BCUT2D eigenvalue weighted by Gasteiger charge is 2.30. The monoisotopic (exact) mass is 1470 g/mol. The number of phosphoric acid groups is 2. The maximum atomic E-state index is 13.1. The summed E-state index contributed by atoms with van der Waals surface area (Å²) in [4.78, 5) is 72.9. The van der Waals surface area contributed by atoms with E-state index in [0.717, 1.165) is 199 Å². The van der Waals surface area contributed by atoms with E-state index in [-0.39, 0.29) is 25.7 Å². The highest BCUT2D eigenvalue weighted by atomic mass is 31.2. The van der Waals surface area contributed by atoms with E-state index in [1.807, 2.05) is 0 Å². The van der Waals surface area contributed by atoms with Crippen molar-refractivity contribution in [3.8, 4) is 0 Å². The topological polar surface area (TPSA) is 237 Å². The minimum Gasteiger partial charge on any atom is -0.462 e. The molecule has 0 saturated carbocycles. The van der Waals surface area contributed by atoms with Gasteiger partial charge in [-0.3, -0.25) is 37.3 Å². The van der Waals surface area contributed by atoms with Crippen LogP contribution in [0.3, 0.4) is 0 Å². The number of carbonyl (C=O) groups is 4. The molecule has 17 nitrogen and oxygen atoms in total. The second-order valence-corrected chi connectivity index (χ2v) is 28.8. The Bertz CT molecular complexity index is 2460. The van der Waals surface area contributed by atoms with Crippen LogP contribution in [0.4, 0.5) is 0 Å². The van der Waals surface area contributed by atoms with Crippen LogP contribution >= 0.6 is 15.6 Å². The van der Waals surface area contributed by atoms with Crippen LogP contribution in [0.25, 0.3) is 0 Å². The lowest BCUT2D eigenvalue weighted by Gasteiger charge is -2.21. The Kier molecular flexibility index (Phi) is 71.0. The van der Waals surface area contributed by atoms with E-state index in [2.05, 4.69) is 161 Å². The maximum absolute atomic E-state index is 13.1. The highest BCUT2D eigenvalue weighted by molar-refractivity contribution is 7.47. The molecule has 0 bridgehead atoms. The number of aliphatic hydroxyl groups is 1. The molecule has 0 rings (SSSR count). The molecule has 584 valence electrons. The Hall–Kier alpha value is -4.80. The molecule has 0 aromatic carbocycles. The van der Waals surface area contributed by atoms with Crippen LogP contribution < -0.4 is 0 Å². The average Bonchev–Trinajstić information content (AvgIpc) is 0.907. The number of carbonyl (C=O) groups excluding carboxylic acids is 4. The minimum atomic E-state index is -4.99. The molecule has 0 spiro atoms. The van der Waals surface area contributed by atoms with Crippen molar-refractivity contribution in [1.29, 1.82) is 0 Å². The van der Waals surface area contributed by atoms with Gasteiger partial charge in [0.05, 0.1) is 26.4 Å². The molecule has 0 fully saturated rings. The Morgan fingerprint density at radius 1 is 0.284 bits per heavy atom. The summed E-state index contributed by atoms with van der Waals surface area (Å²) in [6, 6.07) is 0. The summed E-state index contributed by atoms with van der Waals surface area (Å²) in [5.41, 5.74) is 0.